The SMILES string of the molecule is CCCCCOCC(NC1CC1)C(=O)OC. The van der Waals surface area contributed by atoms with E-state index in [0.717, 1.165) is 25.9 Å². The van der Waals surface area contributed by atoms with Crippen molar-refractivity contribution in [2.75, 3.05) is 20.3 Å². The second-order valence-electron chi connectivity index (χ2n) is 4.30. The molecule has 4 heteroatoms. The van der Waals surface area contributed by atoms with E-state index in [1.54, 1.807) is 0 Å². The molecule has 1 aliphatic rings. The van der Waals surface area contributed by atoms with Crippen molar-refractivity contribution in [2.45, 2.75) is 51.1 Å². The van der Waals surface area contributed by atoms with Crippen molar-refractivity contribution in [2.24, 2.45) is 0 Å². The van der Waals surface area contributed by atoms with Crippen molar-refractivity contribution in [3.63, 3.8) is 0 Å². The van der Waals surface area contributed by atoms with E-state index in [1.807, 2.05) is 0 Å². The molecule has 1 fully saturated rings. The minimum Gasteiger partial charge on any atom is -0.468 e. The van der Waals surface area contributed by atoms with Crippen molar-refractivity contribution in [1.82, 2.24) is 5.32 Å². The lowest BCUT2D eigenvalue weighted by atomic mass is 10.2. The van der Waals surface area contributed by atoms with Crippen LogP contribution < -0.4 is 5.32 Å². The van der Waals surface area contributed by atoms with Gasteiger partial charge in [0.2, 0.25) is 0 Å². The van der Waals surface area contributed by atoms with E-state index in [2.05, 4.69) is 12.2 Å². The van der Waals surface area contributed by atoms with Gasteiger partial charge in [-0.1, -0.05) is 19.8 Å². The predicted molar refractivity (Wildman–Crippen MR) is 62.3 cm³/mol. The molecule has 0 saturated heterocycles. The van der Waals surface area contributed by atoms with E-state index in [1.165, 1.54) is 20.0 Å². The summed E-state index contributed by atoms with van der Waals surface area (Å²) in [6.45, 7) is 3.31. The summed E-state index contributed by atoms with van der Waals surface area (Å²) in [6.07, 6.45) is 5.74. The van der Waals surface area contributed by atoms with Gasteiger partial charge in [0.25, 0.3) is 0 Å². The van der Waals surface area contributed by atoms with Gasteiger partial charge < -0.3 is 9.47 Å². The fourth-order valence-electron chi connectivity index (χ4n) is 1.52. The lowest BCUT2D eigenvalue weighted by molar-refractivity contribution is -0.144. The largest absolute Gasteiger partial charge is 0.468 e. The first kappa shape index (κ1) is 13.5. The Morgan fingerprint density at radius 2 is 2.19 bits per heavy atom. The third-order valence-electron chi connectivity index (χ3n) is 2.68. The van der Waals surface area contributed by atoms with Gasteiger partial charge in [0.1, 0.15) is 6.04 Å². The zero-order chi connectivity index (χ0) is 11.8. The first-order valence-electron chi connectivity index (χ1n) is 6.19. The number of hydrogen-bond donors (Lipinski definition) is 1. The lowest BCUT2D eigenvalue weighted by Gasteiger charge is -2.16. The Balaban J connectivity index is 2.13. The predicted octanol–water partition coefficient (Wildman–Crippen LogP) is 1.49. The highest BCUT2D eigenvalue weighted by Gasteiger charge is 2.28. The summed E-state index contributed by atoms with van der Waals surface area (Å²) < 4.78 is 10.2. The normalized spacial score (nSPS) is 17.1. The maximum Gasteiger partial charge on any atom is 0.325 e. The number of ether oxygens (including phenoxy) is 2. The van der Waals surface area contributed by atoms with Crippen LogP contribution in [0.5, 0.6) is 0 Å². The Morgan fingerprint density at radius 1 is 1.44 bits per heavy atom. The molecule has 0 spiro atoms. The molecule has 0 heterocycles. The summed E-state index contributed by atoms with van der Waals surface area (Å²) in [5.41, 5.74) is 0. The van der Waals surface area contributed by atoms with Crippen LogP contribution in [0.1, 0.15) is 39.0 Å². The number of esters is 1. The summed E-state index contributed by atoms with van der Waals surface area (Å²) >= 11 is 0. The molecular formula is C12H23NO3. The molecular weight excluding hydrogens is 206 g/mol. The van der Waals surface area contributed by atoms with Gasteiger partial charge in [-0.3, -0.25) is 10.1 Å². The molecule has 16 heavy (non-hydrogen) atoms. The Bertz CT molecular complexity index is 204. The highest BCUT2D eigenvalue weighted by molar-refractivity contribution is 5.75. The van der Waals surface area contributed by atoms with Crippen molar-refractivity contribution in [3.8, 4) is 0 Å². The molecule has 0 aliphatic heterocycles. The first-order chi connectivity index (χ1) is 7.77. The molecule has 1 unspecified atom stereocenters. The molecule has 0 amide bonds. The molecule has 0 bridgehead atoms. The maximum absolute atomic E-state index is 11.4. The average molecular weight is 229 g/mol. The topological polar surface area (TPSA) is 47.6 Å². The highest BCUT2D eigenvalue weighted by Crippen LogP contribution is 2.19. The second-order valence-corrected chi connectivity index (χ2v) is 4.30. The minimum absolute atomic E-state index is 0.220. The molecule has 0 aromatic carbocycles. The average Bonchev–Trinajstić information content (AvgIpc) is 3.10. The molecule has 0 aromatic rings. The van der Waals surface area contributed by atoms with Crippen LogP contribution in [0.4, 0.5) is 0 Å². The van der Waals surface area contributed by atoms with E-state index < -0.39 is 0 Å². The van der Waals surface area contributed by atoms with Crippen molar-refractivity contribution < 1.29 is 14.3 Å². The van der Waals surface area contributed by atoms with Crippen LogP contribution in [0.3, 0.4) is 0 Å². The molecule has 0 aromatic heterocycles. The summed E-state index contributed by atoms with van der Waals surface area (Å²) in [4.78, 5) is 11.4. The molecule has 1 atom stereocenters. The zero-order valence-corrected chi connectivity index (χ0v) is 10.3. The number of unbranched alkanes of at least 4 members (excludes halogenated alkanes) is 2. The maximum atomic E-state index is 11.4. The molecule has 0 radical (unpaired) electrons. The molecule has 1 saturated carbocycles. The summed E-state index contributed by atoms with van der Waals surface area (Å²) in [5.74, 6) is -0.220. The first-order valence-corrected chi connectivity index (χ1v) is 6.19. The van der Waals surface area contributed by atoms with Crippen LogP contribution in [0, 0.1) is 0 Å². The Kier molecular flexibility index (Phi) is 6.42. The van der Waals surface area contributed by atoms with Crippen LogP contribution >= 0.6 is 0 Å². The van der Waals surface area contributed by atoms with Gasteiger partial charge in [-0.05, 0) is 19.3 Å². The fraction of sp³-hybridized carbons (Fsp3) is 0.917. The highest BCUT2D eigenvalue weighted by atomic mass is 16.5. The van der Waals surface area contributed by atoms with Gasteiger partial charge in [-0.25, -0.2) is 0 Å². The van der Waals surface area contributed by atoms with Crippen LogP contribution in [-0.2, 0) is 14.3 Å². The van der Waals surface area contributed by atoms with Crippen LogP contribution in [0.25, 0.3) is 0 Å². The number of rotatable bonds is 9. The van der Waals surface area contributed by atoms with Crippen molar-refractivity contribution in [1.29, 1.82) is 0 Å². The van der Waals surface area contributed by atoms with E-state index in [0.29, 0.717) is 12.6 Å². The Morgan fingerprint density at radius 3 is 2.75 bits per heavy atom. The minimum atomic E-state index is -0.292. The summed E-state index contributed by atoms with van der Waals surface area (Å²) in [6, 6.07) is 0.197. The van der Waals surface area contributed by atoms with Gasteiger partial charge in [0.05, 0.1) is 13.7 Å². The smallest absolute Gasteiger partial charge is 0.325 e. The number of hydrogen-bond acceptors (Lipinski definition) is 4. The Hall–Kier alpha value is -0.610. The van der Waals surface area contributed by atoms with Crippen molar-refractivity contribution in [3.05, 3.63) is 0 Å². The van der Waals surface area contributed by atoms with E-state index in [9.17, 15) is 4.79 Å². The van der Waals surface area contributed by atoms with Gasteiger partial charge in [0, 0.05) is 12.6 Å². The third kappa shape index (κ3) is 5.47. The fourth-order valence-corrected chi connectivity index (χ4v) is 1.52. The molecule has 94 valence electrons. The molecule has 1 aliphatic carbocycles. The number of nitrogens with one attached hydrogen (secondary N) is 1. The second kappa shape index (κ2) is 7.63. The van der Waals surface area contributed by atoms with Crippen LogP contribution in [0.15, 0.2) is 0 Å². The van der Waals surface area contributed by atoms with Crippen molar-refractivity contribution >= 4 is 5.97 Å². The van der Waals surface area contributed by atoms with E-state index in [-0.39, 0.29) is 12.0 Å². The number of carbonyl (C=O) groups is 1. The summed E-state index contributed by atoms with van der Waals surface area (Å²) in [7, 11) is 1.42. The Labute approximate surface area is 97.7 Å². The van der Waals surface area contributed by atoms with Gasteiger partial charge in [0.15, 0.2) is 0 Å². The molecule has 1 N–H and O–H groups in total. The number of carbonyl (C=O) groups excluding carboxylic acids is 1. The van der Waals surface area contributed by atoms with E-state index >= 15 is 0 Å². The standard InChI is InChI=1S/C12H23NO3/c1-3-4-5-8-16-9-11(12(14)15-2)13-10-6-7-10/h10-11,13H,3-9H2,1-2H3. The monoisotopic (exact) mass is 229 g/mol. The number of methoxy groups -OCH3 is 1. The third-order valence-corrected chi connectivity index (χ3v) is 2.68. The quantitative estimate of drug-likeness (QED) is 0.480. The van der Waals surface area contributed by atoms with E-state index in [4.69, 9.17) is 9.47 Å². The van der Waals surface area contributed by atoms with Gasteiger partial charge >= 0.3 is 5.97 Å². The van der Waals surface area contributed by atoms with Crippen LogP contribution in [0.2, 0.25) is 0 Å². The molecule has 1 rings (SSSR count). The lowest BCUT2D eigenvalue weighted by Crippen LogP contribution is -2.42. The zero-order valence-electron chi connectivity index (χ0n) is 10.3. The van der Waals surface area contributed by atoms with Crippen LogP contribution in [-0.4, -0.2) is 38.4 Å². The summed E-state index contributed by atoms with van der Waals surface area (Å²) in [5, 5.41) is 3.23. The molecule has 4 nitrogen and oxygen atoms in total. The van der Waals surface area contributed by atoms with Gasteiger partial charge in [-0.2, -0.15) is 0 Å². The van der Waals surface area contributed by atoms with Gasteiger partial charge in [-0.15, -0.1) is 0 Å².